The number of Topliss-reactive ketones (excluding diaryl/α,β-unsaturated/α-hetero) is 1. The van der Waals surface area contributed by atoms with E-state index >= 15 is 0 Å². The van der Waals surface area contributed by atoms with Crippen molar-refractivity contribution >= 4 is 11.7 Å². The molecule has 1 amide bonds. The summed E-state index contributed by atoms with van der Waals surface area (Å²) >= 11 is 0. The molecule has 2 heterocycles. The number of hydrogen-bond acceptors (Lipinski definition) is 4. The molecule has 0 atom stereocenters. The van der Waals surface area contributed by atoms with E-state index in [0.717, 1.165) is 77.5 Å². The molecule has 0 radical (unpaired) electrons. The fourth-order valence-electron chi connectivity index (χ4n) is 4.77. The maximum absolute atomic E-state index is 12.9. The Hall–Kier alpha value is -0.940. The third-order valence-electron chi connectivity index (χ3n) is 6.47. The molecular weight excluding hydrogens is 328 g/mol. The number of carbonyl (C=O) groups is 2. The lowest BCUT2D eigenvalue weighted by molar-refractivity contribution is -0.141. The number of likely N-dealkylation sites (tertiary alicyclic amines) is 1. The van der Waals surface area contributed by atoms with Crippen molar-refractivity contribution in [2.45, 2.75) is 77.4 Å². The van der Waals surface area contributed by atoms with Gasteiger partial charge in [0.05, 0.1) is 12.2 Å². The van der Waals surface area contributed by atoms with E-state index < -0.39 is 0 Å². The molecule has 0 aromatic carbocycles. The number of amides is 1. The van der Waals surface area contributed by atoms with Crippen molar-refractivity contribution < 1.29 is 14.3 Å². The van der Waals surface area contributed by atoms with Gasteiger partial charge in [0, 0.05) is 30.8 Å². The van der Waals surface area contributed by atoms with Crippen LogP contribution < -0.4 is 5.32 Å². The van der Waals surface area contributed by atoms with E-state index in [1.54, 1.807) is 0 Å². The van der Waals surface area contributed by atoms with Crippen molar-refractivity contribution in [3.05, 3.63) is 0 Å². The number of carbonyl (C=O) groups excluding carboxylic acids is 2. The summed E-state index contributed by atoms with van der Waals surface area (Å²) in [7, 11) is 0. The van der Waals surface area contributed by atoms with Gasteiger partial charge in [-0.25, -0.2) is 0 Å². The molecule has 3 fully saturated rings. The van der Waals surface area contributed by atoms with Crippen molar-refractivity contribution in [3.8, 4) is 0 Å². The molecule has 148 valence electrons. The third-order valence-corrected chi connectivity index (χ3v) is 6.47. The molecule has 0 bridgehead atoms. The van der Waals surface area contributed by atoms with E-state index in [2.05, 4.69) is 10.2 Å². The number of ketones is 1. The first-order chi connectivity index (χ1) is 12.5. The topological polar surface area (TPSA) is 58.6 Å². The SMILES string of the molecule is CC(C)C(=O)C1CCC(C(=O)N2CCC(OC3CCNCC3)CC2)CC1. The van der Waals surface area contributed by atoms with Gasteiger partial charge in [0.15, 0.2) is 0 Å². The Labute approximate surface area is 158 Å². The summed E-state index contributed by atoms with van der Waals surface area (Å²) in [5, 5.41) is 3.37. The van der Waals surface area contributed by atoms with Crippen LogP contribution in [-0.2, 0) is 14.3 Å². The van der Waals surface area contributed by atoms with Crippen LogP contribution in [-0.4, -0.2) is 55.0 Å². The number of nitrogens with zero attached hydrogens (tertiary/aromatic N) is 1. The van der Waals surface area contributed by atoms with Gasteiger partial charge in [-0.1, -0.05) is 13.8 Å². The summed E-state index contributed by atoms with van der Waals surface area (Å²) in [6.07, 6.45) is 8.42. The lowest BCUT2D eigenvalue weighted by atomic mass is 9.77. The summed E-state index contributed by atoms with van der Waals surface area (Å²) < 4.78 is 6.25. The zero-order valence-corrected chi connectivity index (χ0v) is 16.5. The molecule has 3 aliphatic rings. The second-order valence-electron chi connectivity index (χ2n) is 8.72. The normalized spacial score (nSPS) is 29.1. The first-order valence-corrected chi connectivity index (χ1v) is 10.7. The molecule has 5 nitrogen and oxygen atoms in total. The molecule has 0 spiro atoms. The van der Waals surface area contributed by atoms with E-state index in [1.807, 2.05) is 13.8 Å². The van der Waals surface area contributed by atoms with E-state index in [1.165, 1.54) is 0 Å². The highest BCUT2D eigenvalue weighted by molar-refractivity contribution is 5.83. The minimum absolute atomic E-state index is 0.117. The Bertz CT molecular complexity index is 472. The van der Waals surface area contributed by atoms with Gasteiger partial charge in [0.1, 0.15) is 5.78 Å². The van der Waals surface area contributed by atoms with Crippen molar-refractivity contribution in [2.75, 3.05) is 26.2 Å². The highest BCUT2D eigenvalue weighted by Crippen LogP contribution is 2.32. The highest BCUT2D eigenvalue weighted by Gasteiger charge is 2.34. The Morgan fingerprint density at radius 1 is 0.846 bits per heavy atom. The average molecular weight is 365 g/mol. The second kappa shape index (κ2) is 9.32. The Kier molecular flexibility index (Phi) is 7.10. The molecule has 0 aromatic heterocycles. The first kappa shape index (κ1) is 19.8. The zero-order chi connectivity index (χ0) is 18.5. The van der Waals surface area contributed by atoms with E-state index in [0.29, 0.717) is 23.9 Å². The van der Waals surface area contributed by atoms with Crippen LogP contribution in [0.5, 0.6) is 0 Å². The van der Waals surface area contributed by atoms with Gasteiger partial charge in [-0.3, -0.25) is 9.59 Å². The van der Waals surface area contributed by atoms with Gasteiger partial charge in [-0.15, -0.1) is 0 Å². The molecule has 0 unspecified atom stereocenters. The van der Waals surface area contributed by atoms with Gasteiger partial charge in [0.2, 0.25) is 5.91 Å². The molecule has 1 N–H and O–H groups in total. The Balaban J connectivity index is 1.39. The monoisotopic (exact) mass is 364 g/mol. The maximum Gasteiger partial charge on any atom is 0.225 e. The third kappa shape index (κ3) is 5.07. The predicted octanol–water partition coefficient (Wildman–Crippen LogP) is 2.78. The van der Waals surface area contributed by atoms with Crippen molar-refractivity contribution in [1.82, 2.24) is 10.2 Å². The standard InChI is InChI=1S/C21H36N2O3/c1-15(2)20(24)16-3-5-17(6-4-16)21(25)23-13-9-19(10-14-23)26-18-7-11-22-12-8-18/h15-19,22H,3-14H2,1-2H3. The van der Waals surface area contributed by atoms with Crippen LogP contribution in [0.15, 0.2) is 0 Å². The van der Waals surface area contributed by atoms with Crippen LogP contribution in [0.25, 0.3) is 0 Å². The molecule has 2 aliphatic heterocycles. The number of piperidine rings is 2. The van der Waals surface area contributed by atoms with Crippen LogP contribution in [0.1, 0.15) is 65.2 Å². The molecule has 0 aromatic rings. The van der Waals surface area contributed by atoms with Gasteiger partial charge < -0.3 is 15.0 Å². The largest absolute Gasteiger partial charge is 0.375 e. The summed E-state index contributed by atoms with van der Waals surface area (Å²) in [4.78, 5) is 27.1. The van der Waals surface area contributed by atoms with Crippen molar-refractivity contribution in [3.63, 3.8) is 0 Å². The summed E-state index contributed by atoms with van der Waals surface area (Å²) in [5.41, 5.74) is 0. The van der Waals surface area contributed by atoms with Gasteiger partial charge in [0.25, 0.3) is 0 Å². The molecule has 2 saturated heterocycles. The van der Waals surface area contributed by atoms with Gasteiger partial charge in [-0.2, -0.15) is 0 Å². The van der Waals surface area contributed by atoms with Crippen LogP contribution >= 0.6 is 0 Å². The molecule has 1 saturated carbocycles. The minimum Gasteiger partial charge on any atom is -0.375 e. The second-order valence-corrected chi connectivity index (χ2v) is 8.72. The lowest BCUT2D eigenvalue weighted by Crippen LogP contribution is -2.45. The van der Waals surface area contributed by atoms with Gasteiger partial charge in [-0.05, 0) is 64.5 Å². The predicted molar refractivity (Wildman–Crippen MR) is 102 cm³/mol. The molecule has 5 heteroatoms. The summed E-state index contributed by atoms with van der Waals surface area (Å²) in [6.45, 7) is 7.75. The van der Waals surface area contributed by atoms with E-state index in [4.69, 9.17) is 4.74 Å². The number of ether oxygens (including phenoxy) is 1. The Morgan fingerprint density at radius 2 is 1.38 bits per heavy atom. The van der Waals surface area contributed by atoms with E-state index in [9.17, 15) is 9.59 Å². The Morgan fingerprint density at radius 3 is 1.96 bits per heavy atom. The number of rotatable bonds is 5. The quantitative estimate of drug-likeness (QED) is 0.815. The van der Waals surface area contributed by atoms with E-state index in [-0.39, 0.29) is 17.8 Å². The molecule has 1 aliphatic carbocycles. The fraction of sp³-hybridized carbons (Fsp3) is 0.905. The van der Waals surface area contributed by atoms with Crippen LogP contribution in [0, 0.1) is 17.8 Å². The van der Waals surface area contributed by atoms with Crippen LogP contribution in [0.3, 0.4) is 0 Å². The first-order valence-electron chi connectivity index (χ1n) is 10.7. The fourth-order valence-corrected chi connectivity index (χ4v) is 4.77. The maximum atomic E-state index is 12.9. The van der Waals surface area contributed by atoms with Gasteiger partial charge >= 0.3 is 0 Å². The smallest absolute Gasteiger partial charge is 0.225 e. The number of nitrogens with one attached hydrogen (secondary N) is 1. The van der Waals surface area contributed by atoms with Crippen LogP contribution in [0.2, 0.25) is 0 Å². The highest BCUT2D eigenvalue weighted by atomic mass is 16.5. The average Bonchev–Trinajstić information content (AvgIpc) is 2.68. The summed E-state index contributed by atoms with van der Waals surface area (Å²) in [6, 6.07) is 0. The minimum atomic E-state index is 0.117. The molecular formula is C21H36N2O3. The zero-order valence-electron chi connectivity index (χ0n) is 16.5. The van der Waals surface area contributed by atoms with Crippen molar-refractivity contribution in [1.29, 1.82) is 0 Å². The number of hydrogen-bond donors (Lipinski definition) is 1. The lowest BCUT2D eigenvalue weighted by Gasteiger charge is -2.37. The van der Waals surface area contributed by atoms with Crippen LogP contribution in [0.4, 0.5) is 0 Å². The molecule has 3 rings (SSSR count). The molecule has 26 heavy (non-hydrogen) atoms. The summed E-state index contributed by atoms with van der Waals surface area (Å²) in [5.74, 6) is 1.13. The van der Waals surface area contributed by atoms with Crippen molar-refractivity contribution in [2.24, 2.45) is 17.8 Å².